The predicted molar refractivity (Wildman–Crippen MR) is 87.0 cm³/mol. The van der Waals surface area contributed by atoms with E-state index in [1.807, 2.05) is 28.8 Å². The van der Waals surface area contributed by atoms with Crippen molar-refractivity contribution in [1.82, 2.24) is 20.4 Å². The molecule has 7 heteroatoms. The van der Waals surface area contributed by atoms with Crippen LogP contribution < -0.4 is 10.6 Å². The van der Waals surface area contributed by atoms with Crippen molar-refractivity contribution in [3.05, 3.63) is 18.0 Å². The number of carbonyl (C=O) groups excluding carboxylic acids is 1. The Morgan fingerprint density at radius 1 is 1.55 bits per heavy atom. The largest absolute Gasteiger partial charge is 0.371 e. The van der Waals surface area contributed by atoms with Crippen molar-refractivity contribution in [2.75, 3.05) is 18.9 Å². The molecule has 2 fully saturated rings. The van der Waals surface area contributed by atoms with E-state index in [4.69, 9.17) is 4.74 Å². The highest BCUT2D eigenvalue weighted by atomic mass is 32.2. The van der Waals surface area contributed by atoms with Gasteiger partial charge in [-0.1, -0.05) is 0 Å². The first-order chi connectivity index (χ1) is 10.8. The van der Waals surface area contributed by atoms with E-state index in [1.165, 1.54) is 18.6 Å². The number of thioether (sulfide) groups is 1. The minimum absolute atomic E-state index is 0.0192. The van der Waals surface area contributed by atoms with Crippen LogP contribution in [0.1, 0.15) is 37.9 Å². The third kappa shape index (κ3) is 3.76. The third-order valence-corrected chi connectivity index (χ3v) is 5.63. The smallest absolute Gasteiger partial charge is 0.315 e. The molecular formula is C15H24N4O2S. The monoisotopic (exact) mass is 324 g/mol. The zero-order valence-electron chi connectivity index (χ0n) is 13.0. The van der Waals surface area contributed by atoms with E-state index in [0.717, 1.165) is 25.1 Å². The number of hydrogen-bond acceptors (Lipinski definition) is 4. The van der Waals surface area contributed by atoms with Crippen molar-refractivity contribution in [3.8, 4) is 0 Å². The first kappa shape index (κ1) is 15.7. The summed E-state index contributed by atoms with van der Waals surface area (Å²) >= 11 is 1.95. The number of nitrogens with zero attached hydrogens (tertiary/aromatic N) is 2. The van der Waals surface area contributed by atoms with Crippen molar-refractivity contribution in [2.45, 2.75) is 50.1 Å². The summed E-state index contributed by atoms with van der Waals surface area (Å²) < 4.78 is 7.67. The number of urea groups is 1. The van der Waals surface area contributed by atoms with Crippen LogP contribution in [0, 0.1) is 0 Å². The molecule has 2 aliphatic rings. The fourth-order valence-electron chi connectivity index (χ4n) is 3.00. The van der Waals surface area contributed by atoms with Gasteiger partial charge in [-0.05, 0) is 31.9 Å². The topological polar surface area (TPSA) is 68.2 Å². The average molecular weight is 324 g/mol. The molecule has 6 nitrogen and oxygen atoms in total. The van der Waals surface area contributed by atoms with Crippen LogP contribution in [0.4, 0.5) is 4.79 Å². The summed E-state index contributed by atoms with van der Waals surface area (Å²) in [5.41, 5.74) is 1.04. The lowest BCUT2D eigenvalue weighted by atomic mass is 10.1. The summed E-state index contributed by atoms with van der Waals surface area (Å²) in [7, 11) is 0. The number of ether oxygens (including phenoxy) is 1. The molecule has 2 N–H and O–H groups in total. The second-order valence-corrected chi connectivity index (χ2v) is 7.21. The van der Waals surface area contributed by atoms with Crippen LogP contribution in [0.3, 0.4) is 0 Å². The molecule has 0 bridgehead atoms. The quantitative estimate of drug-likeness (QED) is 0.868. The van der Waals surface area contributed by atoms with Gasteiger partial charge in [0.15, 0.2) is 0 Å². The Hall–Kier alpha value is -1.21. The Morgan fingerprint density at radius 3 is 3.18 bits per heavy atom. The molecule has 3 atom stereocenters. The molecule has 0 radical (unpaired) electrons. The number of aromatic nitrogens is 2. The molecule has 0 saturated carbocycles. The molecule has 1 aromatic rings. The normalized spacial score (nSPS) is 28.0. The standard InChI is InChI=1S/C15H24N4O2S/c1-2-19-10-11(8-17-19)14-13(5-6-21-14)18-15(20)16-9-12-4-3-7-22-12/h8,10,12-14H,2-7,9H2,1H3,(H2,16,18,20)/t12-,13-,14+/m0/s1. The Morgan fingerprint density at radius 2 is 2.45 bits per heavy atom. The maximum absolute atomic E-state index is 12.1. The van der Waals surface area contributed by atoms with Gasteiger partial charge < -0.3 is 15.4 Å². The van der Waals surface area contributed by atoms with Gasteiger partial charge in [0, 0.05) is 36.7 Å². The van der Waals surface area contributed by atoms with Gasteiger partial charge in [0.2, 0.25) is 0 Å². The third-order valence-electron chi connectivity index (χ3n) is 4.23. The van der Waals surface area contributed by atoms with Crippen LogP contribution in [-0.2, 0) is 11.3 Å². The number of amides is 2. The van der Waals surface area contributed by atoms with Crippen LogP contribution in [-0.4, -0.2) is 46.0 Å². The molecule has 3 rings (SSSR count). The molecule has 2 amide bonds. The molecule has 2 saturated heterocycles. The molecule has 1 aromatic heterocycles. The summed E-state index contributed by atoms with van der Waals surface area (Å²) in [4.78, 5) is 12.1. The number of carbonyl (C=O) groups is 1. The maximum Gasteiger partial charge on any atom is 0.315 e. The zero-order valence-corrected chi connectivity index (χ0v) is 13.8. The average Bonchev–Trinajstić information content (AvgIpc) is 3.26. The van der Waals surface area contributed by atoms with Crippen molar-refractivity contribution in [2.24, 2.45) is 0 Å². The fourth-order valence-corrected chi connectivity index (χ4v) is 4.20. The maximum atomic E-state index is 12.1. The van der Waals surface area contributed by atoms with Crippen molar-refractivity contribution < 1.29 is 9.53 Å². The Balaban J connectivity index is 1.50. The number of aryl methyl sites for hydroxylation is 1. The van der Waals surface area contributed by atoms with Gasteiger partial charge in [0.25, 0.3) is 0 Å². The summed E-state index contributed by atoms with van der Waals surface area (Å²) in [5, 5.41) is 10.9. The predicted octanol–water partition coefficient (Wildman–Crippen LogP) is 1.93. The first-order valence-corrected chi connectivity index (χ1v) is 9.11. The van der Waals surface area contributed by atoms with Gasteiger partial charge in [-0.2, -0.15) is 16.9 Å². The molecule has 22 heavy (non-hydrogen) atoms. The Bertz CT molecular complexity index is 501. The van der Waals surface area contributed by atoms with Gasteiger partial charge in [0.05, 0.1) is 12.2 Å². The molecule has 3 heterocycles. The zero-order chi connectivity index (χ0) is 15.4. The minimum Gasteiger partial charge on any atom is -0.371 e. The first-order valence-electron chi connectivity index (χ1n) is 8.06. The van der Waals surface area contributed by atoms with Crippen LogP contribution in [0.2, 0.25) is 0 Å². The Labute approximate surface area is 135 Å². The highest BCUT2D eigenvalue weighted by Gasteiger charge is 2.32. The fraction of sp³-hybridized carbons (Fsp3) is 0.733. The minimum atomic E-state index is -0.0908. The number of hydrogen-bond donors (Lipinski definition) is 2. The lowest BCUT2D eigenvalue weighted by Crippen LogP contribution is -2.44. The molecular weight excluding hydrogens is 300 g/mol. The molecule has 0 unspecified atom stereocenters. The van der Waals surface area contributed by atoms with E-state index >= 15 is 0 Å². The van der Waals surface area contributed by atoms with Crippen molar-refractivity contribution in [1.29, 1.82) is 0 Å². The SMILES string of the molecule is CCn1cc([C@H]2OCC[C@@H]2NC(=O)NC[C@@H]2CCCS2)cn1. The lowest BCUT2D eigenvalue weighted by molar-refractivity contribution is 0.0998. The Kier molecular flexibility index (Phi) is 5.25. The molecule has 0 aromatic carbocycles. The van der Waals surface area contributed by atoms with E-state index in [-0.39, 0.29) is 18.2 Å². The van der Waals surface area contributed by atoms with Gasteiger partial charge >= 0.3 is 6.03 Å². The van der Waals surface area contributed by atoms with Crippen LogP contribution in [0.5, 0.6) is 0 Å². The second-order valence-electron chi connectivity index (χ2n) is 5.81. The van der Waals surface area contributed by atoms with Crippen LogP contribution in [0.25, 0.3) is 0 Å². The van der Waals surface area contributed by atoms with Crippen LogP contribution in [0.15, 0.2) is 12.4 Å². The summed E-state index contributed by atoms with van der Waals surface area (Å²) in [6.07, 6.45) is 7.05. The highest BCUT2D eigenvalue weighted by Crippen LogP contribution is 2.29. The van der Waals surface area contributed by atoms with Gasteiger partial charge in [-0.25, -0.2) is 4.79 Å². The summed E-state index contributed by atoms with van der Waals surface area (Å²) in [5.74, 6) is 1.22. The van der Waals surface area contributed by atoms with Crippen molar-refractivity contribution >= 4 is 17.8 Å². The van der Waals surface area contributed by atoms with E-state index < -0.39 is 0 Å². The number of nitrogens with one attached hydrogen (secondary N) is 2. The molecule has 0 aliphatic carbocycles. The van der Waals surface area contributed by atoms with Gasteiger partial charge in [0.1, 0.15) is 6.10 Å². The lowest BCUT2D eigenvalue weighted by Gasteiger charge is -2.19. The van der Waals surface area contributed by atoms with E-state index in [0.29, 0.717) is 11.9 Å². The molecule has 2 aliphatic heterocycles. The van der Waals surface area contributed by atoms with E-state index in [9.17, 15) is 4.79 Å². The van der Waals surface area contributed by atoms with E-state index in [2.05, 4.69) is 22.7 Å². The second kappa shape index (κ2) is 7.37. The molecule has 0 spiro atoms. The summed E-state index contributed by atoms with van der Waals surface area (Å²) in [6, 6.07) is -0.0679. The van der Waals surface area contributed by atoms with Gasteiger partial charge in [-0.3, -0.25) is 4.68 Å². The molecule has 122 valence electrons. The van der Waals surface area contributed by atoms with E-state index in [1.54, 1.807) is 0 Å². The van der Waals surface area contributed by atoms with Crippen molar-refractivity contribution in [3.63, 3.8) is 0 Å². The summed E-state index contributed by atoms with van der Waals surface area (Å²) in [6.45, 7) is 4.31. The van der Waals surface area contributed by atoms with Gasteiger partial charge in [-0.15, -0.1) is 0 Å². The number of rotatable bonds is 5. The highest BCUT2D eigenvalue weighted by molar-refractivity contribution is 8.00. The van der Waals surface area contributed by atoms with Crippen LogP contribution >= 0.6 is 11.8 Å².